The van der Waals surface area contributed by atoms with Crippen molar-refractivity contribution < 1.29 is 14.3 Å². The molecule has 2 unspecified atom stereocenters. The Bertz CT molecular complexity index is 833. The van der Waals surface area contributed by atoms with E-state index in [4.69, 9.17) is 9.47 Å². The fourth-order valence-corrected chi connectivity index (χ4v) is 4.22. The first-order valence-corrected chi connectivity index (χ1v) is 11.6. The van der Waals surface area contributed by atoms with Crippen LogP contribution in [0, 0.1) is 11.8 Å². The van der Waals surface area contributed by atoms with Crippen LogP contribution in [-0.4, -0.2) is 48.7 Å². The molecule has 2 N–H and O–H groups in total. The number of para-hydroxylation sites is 2. The van der Waals surface area contributed by atoms with Crippen molar-refractivity contribution in [2.75, 3.05) is 32.8 Å². The number of urea groups is 1. The van der Waals surface area contributed by atoms with Crippen LogP contribution in [0.25, 0.3) is 0 Å². The van der Waals surface area contributed by atoms with Crippen LogP contribution in [0.4, 0.5) is 4.79 Å². The molecule has 0 bridgehead atoms. The Hall–Kier alpha value is -2.80. The molecule has 0 aliphatic carbocycles. The second kappa shape index (κ2) is 12.3. The fourth-order valence-electron chi connectivity index (χ4n) is 4.22. The summed E-state index contributed by atoms with van der Waals surface area (Å²) in [5.41, 5.74) is 0.905. The molecule has 0 spiro atoms. The Kier molecular flexibility index (Phi) is 9.16. The maximum atomic E-state index is 12.1. The van der Waals surface area contributed by atoms with Crippen LogP contribution in [0.1, 0.15) is 39.2 Å². The van der Waals surface area contributed by atoms with E-state index in [9.17, 15) is 4.79 Å². The largest absolute Gasteiger partial charge is 0.490 e. The molecule has 1 aromatic heterocycles. The van der Waals surface area contributed by atoms with Gasteiger partial charge in [0.1, 0.15) is 0 Å². The third-order valence-corrected chi connectivity index (χ3v) is 5.50. The number of piperidine rings is 1. The molecular weight excluding hydrogens is 404 g/mol. The van der Waals surface area contributed by atoms with Gasteiger partial charge >= 0.3 is 6.03 Å². The van der Waals surface area contributed by atoms with Gasteiger partial charge in [0.05, 0.1) is 6.61 Å². The molecule has 0 radical (unpaired) electrons. The Morgan fingerprint density at radius 1 is 1.09 bits per heavy atom. The van der Waals surface area contributed by atoms with E-state index in [2.05, 4.69) is 34.4 Å². The SMILES string of the molecule is CCOc1ccccc1Oc1ccc(CNC(=O)NCCCN2CC(C)CC(C)C2)cn1. The quantitative estimate of drug-likeness (QED) is 0.534. The van der Waals surface area contributed by atoms with Gasteiger partial charge in [0.15, 0.2) is 11.5 Å². The summed E-state index contributed by atoms with van der Waals surface area (Å²) in [7, 11) is 0. The lowest BCUT2D eigenvalue weighted by Crippen LogP contribution is -2.41. The van der Waals surface area contributed by atoms with E-state index in [1.165, 1.54) is 19.5 Å². The Labute approximate surface area is 191 Å². The lowest BCUT2D eigenvalue weighted by atomic mass is 9.92. The summed E-state index contributed by atoms with van der Waals surface area (Å²) in [6.45, 7) is 11.6. The van der Waals surface area contributed by atoms with E-state index in [1.807, 2.05) is 37.3 Å². The Morgan fingerprint density at radius 3 is 2.53 bits per heavy atom. The molecule has 1 aromatic carbocycles. The van der Waals surface area contributed by atoms with E-state index in [0.29, 0.717) is 37.1 Å². The van der Waals surface area contributed by atoms with Crippen LogP contribution in [0.3, 0.4) is 0 Å². The molecule has 1 saturated heterocycles. The number of carbonyl (C=O) groups excluding carboxylic acids is 1. The molecule has 1 aliphatic rings. The highest BCUT2D eigenvalue weighted by atomic mass is 16.5. The number of hydrogen-bond acceptors (Lipinski definition) is 5. The molecular formula is C25H36N4O3. The first-order chi connectivity index (χ1) is 15.5. The number of rotatable bonds is 10. The summed E-state index contributed by atoms with van der Waals surface area (Å²) in [5, 5.41) is 5.82. The van der Waals surface area contributed by atoms with Gasteiger partial charge in [0.2, 0.25) is 5.88 Å². The average Bonchev–Trinajstić information content (AvgIpc) is 2.77. The molecule has 1 fully saturated rings. The number of likely N-dealkylation sites (tertiary alicyclic amines) is 1. The number of benzene rings is 1. The van der Waals surface area contributed by atoms with Crippen molar-refractivity contribution in [3.05, 3.63) is 48.2 Å². The first-order valence-electron chi connectivity index (χ1n) is 11.6. The summed E-state index contributed by atoms with van der Waals surface area (Å²) in [4.78, 5) is 18.9. The normalized spacial score (nSPS) is 18.7. The number of ether oxygens (including phenoxy) is 2. The number of pyridine rings is 1. The number of amides is 2. The number of nitrogens with zero attached hydrogens (tertiary/aromatic N) is 2. The molecule has 2 atom stereocenters. The zero-order chi connectivity index (χ0) is 22.8. The first kappa shape index (κ1) is 23.9. The van der Waals surface area contributed by atoms with E-state index < -0.39 is 0 Å². The zero-order valence-electron chi connectivity index (χ0n) is 19.5. The minimum atomic E-state index is -0.156. The lowest BCUT2D eigenvalue weighted by Gasteiger charge is -2.34. The number of nitrogens with one attached hydrogen (secondary N) is 2. The van der Waals surface area contributed by atoms with Crippen molar-refractivity contribution in [2.24, 2.45) is 11.8 Å². The summed E-state index contributed by atoms with van der Waals surface area (Å²) in [6.07, 6.45) is 3.99. The van der Waals surface area contributed by atoms with Crippen LogP contribution in [0.2, 0.25) is 0 Å². The highest BCUT2D eigenvalue weighted by molar-refractivity contribution is 5.73. The van der Waals surface area contributed by atoms with Crippen LogP contribution >= 0.6 is 0 Å². The second-order valence-corrected chi connectivity index (χ2v) is 8.66. The lowest BCUT2D eigenvalue weighted by molar-refractivity contribution is 0.139. The van der Waals surface area contributed by atoms with Crippen molar-refractivity contribution in [3.63, 3.8) is 0 Å². The fraction of sp³-hybridized carbons (Fsp3) is 0.520. The minimum absolute atomic E-state index is 0.156. The van der Waals surface area contributed by atoms with Crippen molar-refractivity contribution in [1.29, 1.82) is 0 Å². The second-order valence-electron chi connectivity index (χ2n) is 8.66. The maximum absolute atomic E-state index is 12.1. The van der Waals surface area contributed by atoms with Crippen LogP contribution in [0.5, 0.6) is 17.4 Å². The third kappa shape index (κ3) is 7.71. The van der Waals surface area contributed by atoms with Crippen molar-refractivity contribution >= 4 is 6.03 Å². The monoisotopic (exact) mass is 440 g/mol. The number of aromatic nitrogens is 1. The van der Waals surface area contributed by atoms with Gasteiger partial charge in [-0.05, 0) is 55.8 Å². The van der Waals surface area contributed by atoms with E-state index in [0.717, 1.165) is 30.4 Å². The van der Waals surface area contributed by atoms with Gasteiger partial charge in [-0.15, -0.1) is 0 Å². The molecule has 2 heterocycles. The average molecular weight is 441 g/mol. The topological polar surface area (TPSA) is 75.7 Å². The van der Waals surface area contributed by atoms with Gasteiger partial charge in [-0.25, -0.2) is 9.78 Å². The third-order valence-electron chi connectivity index (χ3n) is 5.50. The standard InChI is InChI=1S/C25H36N4O3/c1-4-31-22-8-5-6-9-23(22)32-24-11-10-21(15-27-24)16-28-25(30)26-12-7-13-29-17-19(2)14-20(3)18-29/h5-6,8-11,15,19-20H,4,7,12-14,16-18H2,1-3H3,(H2,26,28,30). The summed E-state index contributed by atoms with van der Waals surface area (Å²) in [5.74, 6) is 3.32. The molecule has 0 saturated carbocycles. The highest BCUT2D eigenvalue weighted by Gasteiger charge is 2.21. The molecule has 1 aliphatic heterocycles. The predicted molar refractivity (Wildman–Crippen MR) is 126 cm³/mol. The van der Waals surface area contributed by atoms with E-state index in [1.54, 1.807) is 12.3 Å². The van der Waals surface area contributed by atoms with Crippen molar-refractivity contribution in [2.45, 2.75) is 40.2 Å². The summed E-state index contributed by atoms with van der Waals surface area (Å²) < 4.78 is 11.4. The van der Waals surface area contributed by atoms with Crippen LogP contribution < -0.4 is 20.1 Å². The van der Waals surface area contributed by atoms with E-state index in [-0.39, 0.29) is 6.03 Å². The molecule has 7 nitrogen and oxygen atoms in total. The highest BCUT2D eigenvalue weighted by Crippen LogP contribution is 2.30. The van der Waals surface area contributed by atoms with Crippen LogP contribution in [0.15, 0.2) is 42.6 Å². The van der Waals surface area contributed by atoms with Crippen molar-refractivity contribution in [1.82, 2.24) is 20.5 Å². The van der Waals surface area contributed by atoms with Gasteiger partial charge in [-0.2, -0.15) is 0 Å². The van der Waals surface area contributed by atoms with E-state index >= 15 is 0 Å². The summed E-state index contributed by atoms with van der Waals surface area (Å²) >= 11 is 0. The van der Waals surface area contributed by atoms with Gasteiger partial charge < -0.3 is 25.0 Å². The Morgan fingerprint density at radius 2 is 1.84 bits per heavy atom. The molecule has 3 rings (SSSR count). The number of hydrogen-bond donors (Lipinski definition) is 2. The minimum Gasteiger partial charge on any atom is -0.490 e. The predicted octanol–water partition coefficient (Wildman–Crippen LogP) is 4.44. The Balaban J connectivity index is 1.35. The molecule has 2 aromatic rings. The van der Waals surface area contributed by atoms with Gasteiger partial charge in [-0.3, -0.25) is 0 Å². The molecule has 32 heavy (non-hydrogen) atoms. The molecule has 7 heteroatoms. The maximum Gasteiger partial charge on any atom is 0.315 e. The summed E-state index contributed by atoms with van der Waals surface area (Å²) in [6, 6.07) is 11.0. The molecule has 174 valence electrons. The van der Waals surface area contributed by atoms with Gasteiger partial charge in [0, 0.05) is 38.4 Å². The smallest absolute Gasteiger partial charge is 0.315 e. The van der Waals surface area contributed by atoms with Crippen LogP contribution in [-0.2, 0) is 6.54 Å². The number of carbonyl (C=O) groups is 1. The van der Waals surface area contributed by atoms with Gasteiger partial charge in [-0.1, -0.05) is 32.0 Å². The zero-order valence-corrected chi connectivity index (χ0v) is 19.5. The van der Waals surface area contributed by atoms with Crippen molar-refractivity contribution in [3.8, 4) is 17.4 Å². The molecule has 2 amide bonds. The van der Waals surface area contributed by atoms with Gasteiger partial charge in [0.25, 0.3) is 0 Å².